The van der Waals surface area contributed by atoms with E-state index >= 15 is 0 Å². The Kier molecular flexibility index (Phi) is 1.29. The van der Waals surface area contributed by atoms with Gasteiger partial charge in [0.25, 0.3) is 0 Å². The number of nitrogens with zero attached hydrogens (tertiary/aromatic N) is 2. The van der Waals surface area contributed by atoms with E-state index in [-0.39, 0.29) is 0 Å². The van der Waals surface area contributed by atoms with Crippen molar-refractivity contribution in [3.05, 3.63) is 22.5 Å². The van der Waals surface area contributed by atoms with Gasteiger partial charge in [-0.3, -0.25) is 4.40 Å². The van der Waals surface area contributed by atoms with Crippen molar-refractivity contribution in [2.45, 2.75) is 20.8 Å². The molecule has 0 aliphatic rings. The number of aryl methyl sites for hydroxylation is 3. The predicted octanol–water partition coefficient (Wildman–Crippen LogP) is 2.12. The predicted molar refractivity (Wildman–Crippen MR) is 46.1 cm³/mol. The van der Waals surface area contributed by atoms with Gasteiger partial charge in [0, 0.05) is 10.6 Å². The molecule has 2 nitrogen and oxygen atoms in total. The van der Waals surface area contributed by atoms with Gasteiger partial charge in [-0.1, -0.05) is 0 Å². The molecule has 0 bridgehead atoms. The van der Waals surface area contributed by atoms with Crippen molar-refractivity contribution >= 4 is 16.3 Å². The SMILES string of the molecule is Cc1[c]n2c(C)c(C)sc2n1. The molecule has 3 heteroatoms. The summed E-state index contributed by atoms with van der Waals surface area (Å²) in [4.78, 5) is 6.70. The molecule has 2 aromatic heterocycles. The monoisotopic (exact) mass is 165 g/mol. The molecule has 0 unspecified atom stereocenters. The van der Waals surface area contributed by atoms with Crippen molar-refractivity contribution in [3.8, 4) is 0 Å². The van der Waals surface area contributed by atoms with Gasteiger partial charge in [0.2, 0.25) is 0 Å². The van der Waals surface area contributed by atoms with Crippen LogP contribution >= 0.6 is 11.3 Å². The fourth-order valence-corrected chi connectivity index (χ4v) is 2.06. The van der Waals surface area contributed by atoms with Crippen molar-refractivity contribution in [3.63, 3.8) is 0 Å². The van der Waals surface area contributed by atoms with E-state index in [0.29, 0.717) is 0 Å². The fraction of sp³-hybridized carbons (Fsp3) is 0.375. The quantitative estimate of drug-likeness (QED) is 0.584. The van der Waals surface area contributed by atoms with Gasteiger partial charge in [0.1, 0.15) is 0 Å². The van der Waals surface area contributed by atoms with Crippen molar-refractivity contribution in [1.29, 1.82) is 0 Å². The summed E-state index contributed by atoms with van der Waals surface area (Å²) in [6.45, 7) is 6.17. The Hall–Kier alpha value is -0.830. The number of fused-ring (bicyclic) bond motifs is 1. The molecule has 0 atom stereocenters. The second kappa shape index (κ2) is 2.08. The Morgan fingerprint density at radius 2 is 2.09 bits per heavy atom. The Labute approximate surface area is 69.5 Å². The van der Waals surface area contributed by atoms with Gasteiger partial charge >= 0.3 is 0 Å². The van der Waals surface area contributed by atoms with Crippen molar-refractivity contribution in [2.75, 3.05) is 0 Å². The molecule has 0 saturated heterocycles. The first kappa shape index (κ1) is 6.85. The molecule has 2 aromatic rings. The minimum atomic E-state index is 0.972. The van der Waals surface area contributed by atoms with E-state index < -0.39 is 0 Å². The van der Waals surface area contributed by atoms with Crippen molar-refractivity contribution < 1.29 is 0 Å². The highest BCUT2D eigenvalue weighted by molar-refractivity contribution is 7.17. The van der Waals surface area contributed by atoms with Crippen molar-refractivity contribution in [2.24, 2.45) is 0 Å². The third-order valence-electron chi connectivity index (χ3n) is 1.82. The van der Waals surface area contributed by atoms with Crippen LogP contribution in [0.4, 0.5) is 0 Å². The first-order valence-electron chi connectivity index (χ1n) is 3.53. The second-order valence-electron chi connectivity index (χ2n) is 2.67. The molecule has 0 spiro atoms. The van der Waals surface area contributed by atoms with Gasteiger partial charge in [0.15, 0.2) is 4.96 Å². The lowest BCUT2D eigenvalue weighted by Crippen LogP contribution is -1.81. The highest BCUT2D eigenvalue weighted by Crippen LogP contribution is 2.20. The van der Waals surface area contributed by atoms with Crippen LogP contribution in [0.3, 0.4) is 0 Å². The molecule has 0 saturated carbocycles. The highest BCUT2D eigenvalue weighted by Gasteiger charge is 2.05. The summed E-state index contributed by atoms with van der Waals surface area (Å²) >= 11 is 1.72. The lowest BCUT2D eigenvalue weighted by molar-refractivity contribution is 1.10. The van der Waals surface area contributed by atoms with E-state index in [1.54, 1.807) is 11.3 Å². The Morgan fingerprint density at radius 3 is 2.73 bits per heavy atom. The molecule has 11 heavy (non-hydrogen) atoms. The zero-order valence-electron chi connectivity index (χ0n) is 6.80. The van der Waals surface area contributed by atoms with E-state index in [0.717, 1.165) is 10.7 Å². The van der Waals surface area contributed by atoms with E-state index in [4.69, 9.17) is 0 Å². The third-order valence-corrected chi connectivity index (χ3v) is 2.88. The molecule has 0 fully saturated rings. The Morgan fingerprint density at radius 1 is 1.36 bits per heavy atom. The molecule has 0 aromatic carbocycles. The third kappa shape index (κ3) is 0.878. The van der Waals surface area contributed by atoms with Crippen LogP contribution in [0.5, 0.6) is 0 Å². The summed E-state index contributed by atoms with van der Waals surface area (Å²) in [5.74, 6) is 0. The van der Waals surface area contributed by atoms with Crippen LogP contribution < -0.4 is 0 Å². The maximum atomic E-state index is 4.32. The number of hydrogen-bond acceptors (Lipinski definition) is 2. The molecule has 0 aliphatic carbocycles. The minimum absolute atomic E-state index is 0.972. The number of hydrogen-bond donors (Lipinski definition) is 0. The summed E-state index contributed by atoms with van der Waals surface area (Å²) in [7, 11) is 0. The summed E-state index contributed by atoms with van der Waals surface area (Å²) in [6.07, 6.45) is 3.16. The standard InChI is InChI=1S/C8H9N2S/c1-5-4-10-6(2)7(3)11-8(10)9-5/h1-3H3. The van der Waals surface area contributed by atoms with Crippen LogP contribution in [0, 0.1) is 27.0 Å². The number of rotatable bonds is 0. The topological polar surface area (TPSA) is 17.3 Å². The maximum absolute atomic E-state index is 4.32. The average molecular weight is 165 g/mol. The molecule has 2 rings (SSSR count). The lowest BCUT2D eigenvalue weighted by Gasteiger charge is -1.86. The van der Waals surface area contributed by atoms with E-state index in [1.807, 2.05) is 11.3 Å². The Bertz CT molecular complexity index is 397. The first-order valence-corrected chi connectivity index (χ1v) is 4.34. The van der Waals surface area contributed by atoms with E-state index in [9.17, 15) is 0 Å². The summed E-state index contributed by atoms with van der Waals surface area (Å²) in [5, 5.41) is 0. The van der Waals surface area contributed by atoms with Gasteiger partial charge in [0.05, 0.1) is 11.9 Å². The van der Waals surface area contributed by atoms with Crippen LogP contribution in [0.15, 0.2) is 0 Å². The van der Waals surface area contributed by atoms with Crippen LogP contribution in [0.2, 0.25) is 0 Å². The summed E-state index contributed by atoms with van der Waals surface area (Å²) in [5.41, 5.74) is 2.23. The minimum Gasteiger partial charge on any atom is -0.285 e. The normalized spacial score (nSPS) is 11.2. The zero-order chi connectivity index (χ0) is 8.01. The van der Waals surface area contributed by atoms with Gasteiger partial charge in [-0.2, -0.15) is 0 Å². The smallest absolute Gasteiger partial charge is 0.194 e. The molecule has 1 radical (unpaired) electrons. The van der Waals surface area contributed by atoms with Crippen LogP contribution in [0.25, 0.3) is 4.96 Å². The lowest BCUT2D eigenvalue weighted by atomic mass is 10.4. The second-order valence-corrected chi connectivity index (χ2v) is 3.85. The van der Waals surface area contributed by atoms with Gasteiger partial charge in [-0.05, 0) is 20.8 Å². The molecule has 0 amide bonds. The number of imidazole rings is 1. The van der Waals surface area contributed by atoms with Crippen LogP contribution in [-0.2, 0) is 0 Å². The number of aromatic nitrogens is 2. The van der Waals surface area contributed by atoms with E-state index in [1.165, 1.54) is 10.6 Å². The molecule has 57 valence electrons. The van der Waals surface area contributed by atoms with E-state index in [2.05, 4.69) is 25.0 Å². The largest absolute Gasteiger partial charge is 0.285 e. The molecule has 0 aliphatic heterocycles. The molecule has 0 N–H and O–H groups in total. The molecule has 2 heterocycles. The maximum Gasteiger partial charge on any atom is 0.194 e. The Balaban J connectivity index is 2.88. The van der Waals surface area contributed by atoms with Gasteiger partial charge in [-0.15, -0.1) is 11.3 Å². The van der Waals surface area contributed by atoms with Crippen LogP contribution in [-0.4, -0.2) is 9.38 Å². The van der Waals surface area contributed by atoms with Gasteiger partial charge < -0.3 is 0 Å². The zero-order valence-corrected chi connectivity index (χ0v) is 7.62. The molecular formula is C8H9N2S. The number of thiazole rings is 1. The average Bonchev–Trinajstić information content (AvgIpc) is 2.37. The first-order chi connectivity index (χ1) is 5.18. The summed E-state index contributed by atoms with van der Waals surface area (Å²) < 4.78 is 2.02. The van der Waals surface area contributed by atoms with Crippen molar-refractivity contribution in [1.82, 2.24) is 9.38 Å². The molecular weight excluding hydrogens is 156 g/mol. The van der Waals surface area contributed by atoms with Gasteiger partial charge in [-0.25, -0.2) is 4.98 Å². The summed E-state index contributed by atoms with van der Waals surface area (Å²) in [6, 6.07) is 0. The highest BCUT2D eigenvalue weighted by atomic mass is 32.1. The fourth-order valence-electron chi connectivity index (χ4n) is 1.09. The van der Waals surface area contributed by atoms with Crippen LogP contribution in [0.1, 0.15) is 16.3 Å².